The Labute approximate surface area is 165 Å². The Bertz CT molecular complexity index is 1130. The van der Waals surface area contributed by atoms with Gasteiger partial charge in [-0.05, 0) is 19.1 Å². The van der Waals surface area contributed by atoms with Crippen molar-refractivity contribution < 1.29 is 9.45 Å². The topological polar surface area (TPSA) is 87.0 Å². The van der Waals surface area contributed by atoms with E-state index in [1.54, 1.807) is 12.1 Å². The molecule has 8 heteroatoms. The third-order valence-corrected chi connectivity index (χ3v) is 4.64. The monoisotopic (exact) mass is 394 g/mol. The zero-order valence-corrected chi connectivity index (χ0v) is 15.6. The number of hydrogen-bond donors (Lipinski definition) is 0. The molecule has 4 aromatic rings. The third kappa shape index (κ3) is 3.16. The van der Waals surface area contributed by atoms with Crippen molar-refractivity contribution in [2.75, 3.05) is 0 Å². The predicted octanol–water partition coefficient (Wildman–Crippen LogP) is 5.15. The lowest BCUT2D eigenvalue weighted by atomic mass is 10.0. The second-order valence-electron chi connectivity index (χ2n) is 6.15. The Morgan fingerprint density at radius 2 is 1.86 bits per heavy atom. The van der Waals surface area contributed by atoms with Gasteiger partial charge in [0.05, 0.1) is 22.1 Å². The van der Waals surface area contributed by atoms with Gasteiger partial charge in [0.1, 0.15) is 17.3 Å². The van der Waals surface area contributed by atoms with Gasteiger partial charge in [0.15, 0.2) is 0 Å². The van der Waals surface area contributed by atoms with Crippen LogP contribution < -0.4 is 0 Å². The van der Waals surface area contributed by atoms with E-state index in [2.05, 4.69) is 10.1 Å². The third-order valence-electron chi connectivity index (χ3n) is 4.40. The summed E-state index contributed by atoms with van der Waals surface area (Å²) in [4.78, 5) is 15.1. The van der Waals surface area contributed by atoms with Crippen molar-refractivity contribution in [2.45, 2.75) is 12.8 Å². The molecule has 0 aliphatic carbocycles. The second-order valence-corrected chi connectivity index (χ2v) is 6.42. The molecule has 0 saturated heterocycles. The van der Waals surface area contributed by atoms with Crippen molar-refractivity contribution in [1.82, 2.24) is 14.7 Å². The lowest BCUT2D eigenvalue weighted by Crippen LogP contribution is -1.98. The molecule has 0 radical (unpaired) electrons. The lowest BCUT2D eigenvalue weighted by molar-refractivity contribution is -0.384. The van der Waals surface area contributed by atoms with Gasteiger partial charge in [0, 0.05) is 29.6 Å². The minimum atomic E-state index is -0.432. The molecule has 2 aromatic heterocycles. The SMILES string of the molecule is Cc1onc(-c2ccccc2)c1-c1cn(-c2ccc([N+](=O)[O-])cc2)c(CCl)n1. The molecule has 0 aliphatic rings. The minimum absolute atomic E-state index is 0.0257. The maximum absolute atomic E-state index is 10.9. The number of nitro groups is 1. The molecule has 0 unspecified atom stereocenters. The summed E-state index contributed by atoms with van der Waals surface area (Å²) in [5, 5.41) is 15.1. The summed E-state index contributed by atoms with van der Waals surface area (Å²) in [6.45, 7) is 1.83. The summed E-state index contributed by atoms with van der Waals surface area (Å²) in [6, 6.07) is 15.9. The summed E-state index contributed by atoms with van der Waals surface area (Å²) in [6.07, 6.45) is 1.84. The van der Waals surface area contributed by atoms with E-state index in [0.29, 0.717) is 23.0 Å². The van der Waals surface area contributed by atoms with Gasteiger partial charge in [-0.2, -0.15) is 0 Å². The zero-order valence-electron chi connectivity index (χ0n) is 14.9. The summed E-state index contributed by atoms with van der Waals surface area (Å²) in [5.74, 6) is 1.44. The molecule has 0 fully saturated rings. The van der Waals surface area contributed by atoms with E-state index in [0.717, 1.165) is 16.8 Å². The van der Waals surface area contributed by atoms with Crippen LogP contribution in [-0.2, 0) is 5.88 Å². The van der Waals surface area contributed by atoms with Crippen molar-refractivity contribution >= 4 is 17.3 Å². The number of halogens is 1. The number of nitro benzene ring substituents is 1. The number of aryl methyl sites for hydroxylation is 1. The average molecular weight is 395 g/mol. The molecule has 0 spiro atoms. The van der Waals surface area contributed by atoms with E-state index in [-0.39, 0.29) is 11.6 Å². The molecule has 0 N–H and O–H groups in total. The van der Waals surface area contributed by atoms with Gasteiger partial charge in [-0.1, -0.05) is 35.5 Å². The number of hydrogen-bond acceptors (Lipinski definition) is 5. The highest BCUT2D eigenvalue weighted by Crippen LogP contribution is 2.34. The molecule has 0 bridgehead atoms. The van der Waals surface area contributed by atoms with Crippen LogP contribution in [0.25, 0.3) is 28.2 Å². The van der Waals surface area contributed by atoms with Crippen LogP contribution in [0.4, 0.5) is 5.69 Å². The summed E-state index contributed by atoms with van der Waals surface area (Å²) in [5.41, 5.74) is 3.84. The second kappa shape index (κ2) is 7.28. The molecule has 0 saturated carbocycles. The maximum Gasteiger partial charge on any atom is 0.269 e. The molecular weight excluding hydrogens is 380 g/mol. The molecular formula is C20H15ClN4O3. The quantitative estimate of drug-likeness (QED) is 0.265. The fourth-order valence-electron chi connectivity index (χ4n) is 3.06. The summed E-state index contributed by atoms with van der Waals surface area (Å²) in [7, 11) is 0. The van der Waals surface area contributed by atoms with Crippen LogP contribution >= 0.6 is 11.6 Å². The summed E-state index contributed by atoms with van der Waals surface area (Å²) >= 11 is 6.10. The largest absolute Gasteiger partial charge is 0.360 e. The smallest absolute Gasteiger partial charge is 0.269 e. The van der Waals surface area contributed by atoms with Crippen LogP contribution in [0.1, 0.15) is 11.6 Å². The molecule has 2 aromatic carbocycles. The molecule has 7 nitrogen and oxygen atoms in total. The number of rotatable bonds is 5. The molecule has 0 amide bonds. The highest BCUT2D eigenvalue weighted by molar-refractivity contribution is 6.16. The Hall–Kier alpha value is -3.45. The number of non-ortho nitro benzene ring substituents is 1. The van der Waals surface area contributed by atoms with Crippen molar-refractivity contribution in [3.63, 3.8) is 0 Å². The highest BCUT2D eigenvalue weighted by Gasteiger charge is 2.21. The molecule has 0 aliphatic heterocycles. The molecule has 0 atom stereocenters. The number of imidazole rings is 1. The molecule has 4 rings (SSSR count). The highest BCUT2D eigenvalue weighted by atomic mass is 35.5. The first-order valence-corrected chi connectivity index (χ1v) is 9.03. The number of nitrogens with zero attached hydrogens (tertiary/aromatic N) is 4. The van der Waals surface area contributed by atoms with Crippen molar-refractivity contribution in [3.8, 4) is 28.2 Å². The zero-order chi connectivity index (χ0) is 19.7. The van der Waals surface area contributed by atoms with Gasteiger partial charge in [0.2, 0.25) is 0 Å². The summed E-state index contributed by atoms with van der Waals surface area (Å²) < 4.78 is 7.24. The van der Waals surface area contributed by atoms with Gasteiger partial charge in [-0.15, -0.1) is 11.6 Å². The molecule has 2 heterocycles. The first kappa shape index (κ1) is 17.9. The fourth-order valence-corrected chi connectivity index (χ4v) is 3.25. The Morgan fingerprint density at radius 1 is 1.14 bits per heavy atom. The minimum Gasteiger partial charge on any atom is -0.360 e. The standard InChI is InChI=1S/C20H15ClN4O3/c1-13-19(20(23-28-13)14-5-3-2-4-6-14)17-12-24(18(11-21)22-17)15-7-9-16(10-8-15)25(26)27/h2-10,12H,11H2,1H3. The average Bonchev–Trinajstić information content (AvgIpc) is 3.32. The number of aromatic nitrogens is 3. The number of alkyl halides is 1. The Kier molecular flexibility index (Phi) is 4.67. The van der Waals surface area contributed by atoms with Crippen LogP contribution in [0.5, 0.6) is 0 Å². The van der Waals surface area contributed by atoms with Crippen LogP contribution in [0.2, 0.25) is 0 Å². The van der Waals surface area contributed by atoms with Gasteiger partial charge >= 0.3 is 0 Å². The van der Waals surface area contributed by atoms with E-state index in [4.69, 9.17) is 16.1 Å². The fraction of sp³-hybridized carbons (Fsp3) is 0.100. The molecule has 28 heavy (non-hydrogen) atoms. The number of benzene rings is 2. The van der Waals surface area contributed by atoms with Crippen molar-refractivity contribution in [1.29, 1.82) is 0 Å². The van der Waals surface area contributed by atoms with Crippen LogP contribution in [0.3, 0.4) is 0 Å². The first-order chi connectivity index (χ1) is 13.6. The van der Waals surface area contributed by atoms with E-state index < -0.39 is 4.92 Å². The molecule has 140 valence electrons. The van der Waals surface area contributed by atoms with E-state index >= 15 is 0 Å². The van der Waals surface area contributed by atoms with Gasteiger partial charge in [-0.25, -0.2) is 4.98 Å². The van der Waals surface area contributed by atoms with E-state index in [9.17, 15) is 10.1 Å². The lowest BCUT2D eigenvalue weighted by Gasteiger charge is -2.04. The Morgan fingerprint density at radius 3 is 2.50 bits per heavy atom. The van der Waals surface area contributed by atoms with Gasteiger partial charge in [-0.3, -0.25) is 10.1 Å². The maximum atomic E-state index is 10.9. The van der Waals surface area contributed by atoms with E-state index in [1.165, 1.54) is 12.1 Å². The first-order valence-electron chi connectivity index (χ1n) is 8.49. The van der Waals surface area contributed by atoms with Crippen molar-refractivity contribution in [3.05, 3.63) is 82.5 Å². The van der Waals surface area contributed by atoms with Gasteiger partial charge < -0.3 is 9.09 Å². The van der Waals surface area contributed by atoms with E-state index in [1.807, 2.05) is 48.0 Å². The van der Waals surface area contributed by atoms with Crippen LogP contribution in [-0.4, -0.2) is 19.6 Å². The van der Waals surface area contributed by atoms with Gasteiger partial charge in [0.25, 0.3) is 5.69 Å². The van der Waals surface area contributed by atoms with Crippen LogP contribution in [0, 0.1) is 17.0 Å². The normalized spacial score (nSPS) is 10.9. The predicted molar refractivity (Wildman–Crippen MR) is 105 cm³/mol. The Balaban J connectivity index is 1.81. The van der Waals surface area contributed by atoms with Crippen LogP contribution in [0.15, 0.2) is 65.3 Å². The van der Waals surface area contributed by atoms with Crippen molar-refractivity contribution in [2.24, 2.45) is 0 Å².